The molecule has 1 N–H and O–H groups in total. The molecule has 2 aliphatic rings. The lowest BCUT2D eigenvalue weighted by Crippen LogP contribution is -2.38. The van der Waals surface area contributed by atoms with Gasteiger partial charge >= 0.3 is 0 Å². The fourth-order valence-electron chi connectivity index (χ4n) is 2.95. The van der Waals surface area contributed by atoms with Gasteiger partial charge in [0.2, 0.25) is 0 Å². The van der Waals surface area contributed by atoms with Crippen LogP contribution in [0.4, 0.5) is 5.69 Å². The van der Waals surface area contributed by atoms with Crippen molar-refractivity contribution in [3.8, 4) is 0 Å². The normalized spacial score (nSPS) is 17.7. The molecule has 0 aromatic heterocycles. The number of aliphatic imine (C=N–C) groups is 1. The van der Waals surface area contributed by atoms with E-state index in [-0.39, 0.29) is 11.7 Å². The Bertz CT molecular complexity index is 1000. The maximum absolute atomic E-state index is 12.5. The van der Waals surface area contributed by atoms with Gasteiger partial charge < -0.3 is 4.90 Å². The third kappa shape index (κ3) is 3.19. The lowest BCUT2D eigenvalue weighted by molar-refractivity contribution is -0.114. The monoisotopic (exact) mass is 374 g/mol. The predicted molar refractivity (Wildman–Crippen MR) is 113 cm³/mol. The Labute approximate surface area is 162 Å². The molecule has 4 rings (SSSR count). The van der Waals surface area contributed by atoms with Crippen LogP contribution >= 0.6 is 11.8 Å². The van der Waals surface area contributed by atoms with Gasteiger partial charge in [-0.2, -0.15) is 4.99 Å². The number of amides is 1. The molecular weight excluding hydrogens is 356 g/mol. The molecule has 0 radical (unpaired) electrons. The zero-order chi connectivity index (χ0) is 19.0. The van der Waals surface area contributed by atoms with E-state index in [1.54, 1.807) is 11.0 Å². The summed E-state index contributed by atoms with van der Waals surface area (Å²) in [4.78, 5) is 20.4. The van der Waals surface area contributed by atoms with Crippen molar-refractivity contribution in [1.29, 1.82) is 5.41 Å². The van der Waals surface area contributed by atoms with E-state index < -0.39 is 0 Å². The van der Waals surface area contributed by atoms with Crippen molar-refractivity contribution >= 4 is 46.1 Å². The van der Waals surface area contributed by atoms with Crippen molar-refractivity contribution in [3.63, 3.8) is 0 Å². The Morgan fingerprint density at radius 3 is 2.44 bits per heavy atom. The summed E-state index contributed by atoms with van der Waals surface area (Å²) in [7, 11) is 3.96. The van der Waals surface area contributed by atoms with E-state index in [2.05, 4.69) is 4.99 Å². The van der Waals surface area contributed by atoms with Crippen LogP contribution in [-0.4, -0.2) is 35.9 Å². The second kappa shape index (κ2) is 6.89. The van der Waals surface area contributed by atoms with Crippen LogP contribution < -0.4 is 4.90 Å². The third-order valence-electron chi connectivity index (χ3n) is 4.40. The summed E-state index contributed by atoms with van der Waals surface area (Å²) in [5.74, 6) is -0.222. The van der Waals surface area contributed by atoms with Crippen molar-refractivity contribution in [1.82, 2.24) is 4.90 Å². The second-order valence-electron chi connectivity index (χ2n) is 6.41. The number of amidine groups is 2. The minimum absolute atomic E-state index is 0.154. The molecule has 2 aliphatic heterocycles. The van der Waals surface area contributed by atoms with Gasteiger partial charge in [0.05, 0.1) is 11.3 Å². The number of rotatable bonds is 3. The summed E-state index contributed by atoms with van der Waals surface area (Å²) in [5.41, 5.74) is 4.09. The molecule has 0 fully saturated rings. The van der Waals surface area contributed by atoms with Gasteiger partial charge in [-0.05, 0) is 29.3 Å². The molecule has 2 heterocycles. The summed E-state index contributed by atoms with van der Waals surface area (Å²) in [6, 6.07) is 17.7. The molecule has 0 aliphatic carbocycles. The number of carbonyl (C=O) groups is 1. The van der Waals surface area contributed by atoms with E-state index in [1.165, 1.54) is 11.8 Å². The third-order valence-corrected chi connectivity index (χ3v) is 5.23. The zero-order valence-electron chi connectivity index (χ0n) is 15.0. The molecule has 27 heavy (non-hydrogen) atoms. The van der Waals surface area contributed by atoms with Crippen LogP contribution in [0.25, 0.3) is 11.8 Å². The molecule has 2 aromatic carbocycles. The van der Waals surface area contributed by atoms with Crippen molar-refractivity contribution in [3.05, 3.63) is 76.7 Å². The first-order valence-corrected chi connectivity index (χ1v) is 9.36. The first-order valence-electron chi connectivity index (χ1n) is 8.48. The van der Waals surface area contributed by atoms with Gasteiger partial charge in [0.15, 0.2) is 5.17 Å². The lowest BCUT2D eigenvalue weighted by atomic mass is 10.1. The minimum atomic E-state index is -0.377. The van der Waals surface area contributed by atoms with Crippen molar-refractivity contribution in [2.45, 2.75) is 0 Å². The summed E-state index contributed by atoms with van der Waals surface area (Å²) in [6.07, 6.45) is 1.73. The Balaban J connectivity index is 1.69. The van der Waals surface area contributed by atoms with Crippen LogP contribution in [0.5, 0.6) is 0 Å². The van der Waals surface area contributed by atoms with Gasteiger partial charge in [0.25, 0.3) is 5.91 Å². The van der Waals surface area contributed by atoms with E-state index in [9.17, 15) is 4.79 Å². The predicted octanol–water partition coefficient (Wildman–Crippen LogP) is 4.06. The van der Waals surface area contributed by atoms with E-state index in [4.69, 9.17) is 5.41 Å². The molecule has 1 amide bonds. The number of benzene rings is 2. The molecule has 6 heteroatoms. The lowest BCUT2D eigenvalue weighted by Gasteiger charge is -2.27. The Hall–Kier alpha value is -3.12. The molecule has 0 saturated carbocycles. The van der Waals surface area contributed by atoms with Crippen LogP contribution in [-0.2, 0) is 4.79 Å². The first-order chi connectivity index (χ1) is 13.0. The van der Waals surface area contributed by atoms with Gasteiger partial charge in [0, 0.05) is 25.2 Å². The van der Waals surface area contributed by atoms with Crippen LogP contribution in [0.2, 0.25) is 0 Å². The number of hydrogen-bond donors (Lipinski definition) is 1. The number of fused-ring (bicyclic) bond motifs is 1. The van der Waals surface area contributed by atoms with E-state index >= 15 is 0 Å². The van der Waals surface area contributed by atoms with E-state index in [1.807, 2.05) is 79.0 Å². The summed E-state index contributed by atoms with van der Waals surface area (Å²) < 4.78 is 0. The maximum Gasteiger partial charge on any atom is 0.283 e. The minimum Gasteiger partial charge on any atom is -0.378 e. The van der Waals surface area contributed by atoms with Crippen LogP contribution in [0.1, 0.15) is 11.1 Å². The largest absolute Gasteiger partial charge is 0.378 e. The van der Waals surface area contributed by atoms with E-state index in [0.717, 1.165) is 22.5 Å². The van der Waals surface area contributed by atoms with Gasteiger partial charge in [-0.25, -0.2) is 0 Å². The highest BCUT2D eigenvalue weighted by Gasteiger charge is 2.36. The molecule has 134 valence electrons. The van der Waals surface area contributed by atoms with Crippen LogP contribution in [0, 0.1) is 5.41 Å². The fraction of sp³-hybridized carbons (Fsp3) is 0.0952. The number of nitrogens with zero attached hydrogens (tertiary/aromatic N) is 3. The average molecular weight is 374 g/mol. The quantitative estimate of drug-likeness (QED) is 0.823. The maximum atomic E-state index is 12.5. The molecule has 0 spiro atoms. The SMILES string of the molecule is CN(C)c1ccc(C=C2C(=N)N3C(c4ccccc4)=CSC3=NC2=O)cc1. The molecular formula is C21H18N4OS. The summed E-state index contributed by atoms with van der Waals surface area (Å²) in [5, 5.41) is 11.1. The fourth-order valence-corrected chi connectivity index (χ4v) is 3.84. The first kappa shape index (κ1) is 17.3. The Morgan fingerprint density at radius 1 is 1.07 bits per heavy atom. The van der Waals surface area contributed by atoms with Gasteiger partial charge in [-0.3, -0.25) is 15.1 Å². The van der Waals surface area contributed by atoms with Crippen molar-refractivity contribution in [2.24, 2.45) is 4.99 Å². The number of carbonyl (C=O) groups excluding carboxylic acids is 1. The topological polar surface area (TPSA) is 59.8 Å². The van der Waals surface area contributed by atoms with Gasteiger partial charge in [-0.1, -0.05) is 54.2 Å². The van der Waals surface area contributed by atoms with Crippen molar-refractivity contribution < 1.29 is 4.79 Å². The molecule has 0 unspecified atom stereocenters. The van der Waals surface area contributed by atoms with E-state index in [0.29, 0.717) is 10.7 Å². The second-order valence-corrected chi connectivity index (χ2v) is 7.25. The van der Waals surface area contributed by atoms with Gasteiger partial charge in [-0.15, -0.1) is 0 Å². The summed E-state index contributed by atoms with van der Waals surface area (Å²) in [6.45, 7) is 0. The highest BCUT2D eigenvalue weighted by Crippen LogP contribution is 2.37. The van der Waals surface area contributed by atoms with Gasteiger partial charge in [0.1, 0.15) is 5.84 Å². The number of hydrogen-bond acceptors (Lipinski definition) is 4. The molecule has 0 bridgehead atoms. The Morgan fingerprint density at radius 2 is 1.78 bits per heavy atom. The number of thioether (sulfide) groups is 1. The zero-order valence-corrected chi connectivity index (χ0v) is 15.8. The van der Waals surface area contributed by atoms with Crippen LogP contribution in [0.3, 0.4) is 0 Å². The average Bonchev–Trinajstić information content (AvgIpc) is 3.10. The number of nitrogens with one attached hydrogen (secondary N) is 1. The number of anilines is 1. The standard InChI is InChI=1S/C21H18N4OS/c1-24(2)16-10-8-14(9-11-16)12-17-19(22)25-18(15-6-4-3-5-7-15)13-27-21(25)23-20(17)26/h3-13,22H,1-2H3. The molecule has 5 nitrogen and oxygen atoms in total. The molecule has 2 aromatic rings. The smallest absolute Gasteiger partial charge is 0.283 e. The summed E-state index contributed by atoms with van der Waals surface area (Å²) >= 11 is 1.37. The Kier molecular flexibility index (Phi) is 4.41. The highest BCUT2D eigenvalue weighted by molar-refractivity contribution is 8.17. The molecule has 0 atom stereocenters. The highest BCUT2D eigenvalue weighted by atomic mass is 32.2. The molecule has 0 saturated heterocycles. The van der Waals surface area contributed by atoms with Crippen LogP contribution in [0.15, 0.2) is 70.6 Å². The van der Waals surface area contributed by atoms with Crippen molar-refractivity contribution in [2.75, 3.05) is 19.0 Å².